The number of aliphatic hydroxyl groups is 1. The molecule has 0 saturated carbocycles. The maximum absolute atomic E-state index is 13.7. The summed E-state index contributed by atoms with van der Waals surface area (Å²) < 4.78 is 18.9. The number of fused-ring (bicyclic) bond motifs is 1. The lowest BCUT2D eigenvalue weighted by Gasteiger charge is -2.19. The Morgan fingerprint density at radius 1 is 1.12 bits per heavy atom. The summed E-state index contributed by atoms with van der Waals surface area (Å²) in [5.41, 5.74) is 1.03. The number of nitrogens with zero attached hydrogens (tertiary/aromatic N) is 1. The first-order chi connectivity index (χ1) is 15.0. The van der Waals surface area contributed by atoms with Gasteiger partial charge in [-0.05, 0) is 51.0 Å². The number of hydrogen-bond donors (Lipinski definition) is 2. The SMILES string of the molecule is CC(=O)N1C(=O)C(=C(O)c2ccc(CCNC(=O)OC(C)(C)C)cc2)c2ccc(F)cc21. The molecule has 0 unspecified atom stereocenters. The standard InChI is InChI=1S/C24H25FN2O5/c1-14(28)27-19-13-17(25)9-10-18(19)20(22(27)30)21(29)16-7-5-15(6-8-16)11-12-26-23(31)32-24(2,3)4/h5-10,13,29H,11-12H2,1-4H3,(H,26,31). The predicted octanol–water partition coefficient (Wildman–Crippen LogP) is 4.21. The third-order valence-corrected chi connectivity index (χ3v) is 4.75. The zero-order valence-electron chi connectivity index (χ0n) is 18.4. The summed E-state index contributed by atoms with van der Waals surface area (Å²) in [7, 11) is 0. The molecule has 168 valence electrons. The van der Waals surface area contributed by atoms with Crippen LogP contribution >= 0.6 is 0 Å². The fraction of sp³-hybridized carbons (Fsp3) is 0.292. The minimum Gasteiger partial charge on any atom is -0.506 e. The quantitative estimate of drug-likeness (QED) is 0.548. The lowest BCUT2D eigenvalue weighted by atomic mass is 10.0. The van der Waals surface area contributed by atoms with Crippen LogP contribution in [-0.4, -0.2) is 35.2 Å². The average molecular weight is 440 g/mol. The fourth-order valence-electron chi connectivity index (χ4n) is 3.38. The average Bonchev–Trinajstić information content (AvgIpc) is 2.97. The number of alkyl carbamates (subject to hydrolysis) is 1. The highest BCUT2D eigenvalue weighted by Crippen LogP contribution is 2.40. The van der Waals surface area contributed by atoms with Crippen molar-refractivity contribution in [2.75, 3.05) is 11.4 Å². The number of aliphatic hydroxyl groups excluding tert-OH is 1. The Bertz CT molecular complexity index is 1100. The van der Waals surface area contributed by atoms with E-state index in [-0.39, 0.29) is 22.6 Å². The molecule has 2 aromatic carbocycles. The number of carbonyl (C=O) groups excluding carboxylic acids is 3. The van der Waals surface area contributed by atoms with Gasteiger partial charge in [0.05, 0.1) is 11.3 Å². The van der Waals surface area contributed by atoms with Crippen molar-refractivity contribution in [3.05, 3.63) is 65.0 Å². The van der Waals surface area contributed by atoms with E-state index in [0.29, 0.717) is 18.5 Å². The maximum Gasteiger partial charge on any atom is 0.407 e. The number of anilines is 1. The summed E-state index contributed by atoms with van der Waals surface area (Å²) in [6.07, 6.45) is 0.0390. The second-order valence-electron chi connectivity index (χ2n) is 8.42. The molecule has 3 rings (SSSR count). The molecule has 0 bridgehead atoms. The van der Waals surface area contributed by atoms with Crippen LogP contribution in [-0.2, 0) is 20.7 Å². The number of carbonyl (C=O) groups is 3. The largest absolute Gasteiger partial charge is 0.506 e. The molecule has 1 aliphatic heterocycles. The Morgan fingerprint density at radius 3 is 2.38 bits per heavy atom. The number of amides is 3. The molecule has 32 heavy (non-hydrogen) atoms. The summed E-state index contributed by atoms with van der Waals surface area (Å²) in [5.74, 6) is -2.17. The van der Waals surface area contributed by atoms with Gasteiger partial charge in [0.15, 0.2) is 0 Å². The number of imide groups is 1. The van der Waals surface area contributed by atoms with Gasteiger partial charge in [-0.15, -0.1) is 0 Å². The van der Waals surface area contributed by atoms with E-state index in [0.717, 1.165) is 16.5 Å². The molecule has 3 amide bonds. The van der Waals surface area contributed by atoms with E-state index >= 15 is 0 Å². The summed E-state index contributed by atoms with van der Waals surface area (Å²) in [5, 5.41) is 13.5. The van der Waals surface area contributed by atoms with Crippen molar-refractivity contribution in [3.8, 4) is 0 Å². The normalized spacial score (nSPS) is 14.8. The Kier molecular flexibility index (Phi) is 6.34. The third-order valence-electron chi connectivity index (χ3n) is 4.75. The van der Waals surface area contributed by atoms with Crippen molar-refractivity contribution in [1.82, 2.24) is 5.32 Å². The van der Waals surface area contributed by atoms with E-state index in [1.54, 1.807) is 45.0 Å². The van der Waals surface area contributed by atoms with Gasteiger partial charge in [-0.3, -0.25) is 9.59 Å². The molecule has 0 atom stereocenters. The summed E-state index contributed by atoms with van der Waals surface area (Å²) in [6.45, 7) is 6.92. The minimum absolute atomic E-state index is 0.0606. The Morgan fingerprint density at radius 2 is 1.78 bits per heavy atom. The van der Waals surface area contributed by atoms with Gasteiger partial charge in [0.2, 0.25) is 5.91 Å². The topological polar surface area (TPSA) is 95.9 Å². The zero-order valence-corrected chi connectivity index (χ0v) is 18.4. The lowest BCUT2D eigenvalue weighted by Crippen LogP contribution is -2.33. The van der Waals surface area contributed by atoms with E-state index in [2.05, 4.69) is 5.32 Å². The molecule has 0 fully saturated rings. The summed E-state index contributed by atoms with van der Waals surface area (Å²) in [6, 6.07) is 10.4. The van der Waals surface area contributed by atoms with Crippen molar-refractivity contribution in [3.63, 3.8) is 0 Å². The Balaban J connectivity index is 1.78. The van der Waals surface area contributed by atoms with Crippen molar-refractivity contribution in [2.24, 2.45) is 0 Å². The fourth-order valence-corrected chi connectivity index (χ4v) is 3.38. The minimum atomic E-state index is -0.707. The number of benzene rings is 2. The second-order valence-corrected chi connectivity index (χ2v) is 8.42. The van der Waals surface area contributed by atoms with Crippen LogP contribution in [0.1, 0.15) is 44.4 Å². The van der Waals surface area contributed by atoms with Crippen LogP contribution in [0.3, 0.4) is 0 Å². The third kappa shape index (κ3) is 4.96. The van der Waals surface area contributed by atoms with Gasteiger partial charge in [0.1, 0.15) is 17.2 Å². The molecule has 0 spiro atoms. The lowest BCUT2D eigenvalue weighted by molar-refractivity contribution is -0.122. The molecule has 1 heterocycles. The molecular formula is C24H25FN2O5. The first kappa shape index (κ1) is 23.0. The van der Waals surface area contributed by atoms with Gasteiger partial charge in [-0.1, -0.05) is 24.3 Å². The van der Waals surface area contributed by atoms with Crippen LogP contribution in [0.25, 0.3) is 11.3 Å². The smallest absolute Gasteiger partial charge is 0.407 e. The predicted molar refractivity (Wildman–Crippen MR) is 118 cm³/mol. The maximum atomic E-state index is 13.7. The summed E-state index contributed by atoms with van der Waals surface area (Å²) >= 11 is 0. The second kappa shape index (κ2) is 8.82. The van der Waals surface area contributed by atoms with Gasteiger partial charge >= 0.3 is 6.09 Å². The van der Waals surface area contributed by atoms with Crippen LogP contribution in [0.2, 0.25) is 0 Å². The van der Waals surface area contributed by atoms with Gasteiger partial charge < -0.3 is 15.2 Å². The molecule has 2 aromatic rings. The number of rotatable bonds is 4. The van der Waals surface area contributed by atoms with Gasteiger partial charge in [0, 0.05) is 24.6 Å². The monoisotopic (exact) mass is 440 g/mol. The van der Waals surface area contributed by atoms with Crippen molar-refractivity contribution >= 4 is 34.9 Å². The van der Waals surface area contributed by atoms with Gasteiger partial charge in [-0.25, -0.2) is 14.1 Å². The van der Waals surface area contributed by atoms with Crippen LogP contribution in [0, 0.1) is 5.82 Å². The number of halogens is 1. The Labute approximate surface area is 185 Å². The van der Waals surface area contributed by atoms with E-state index in [1.165, 1.54) is 19.1 Å². The number of nitrogens with one attached hydrogen (secondary N) is 1. The molecule has 1 aliphatic rings. The van der Waals surface area contributed by atoms with Crippen molar-refractivity contribution < 1.29 is 28.6 Å². The van der Waals surface area contributed by atoms with E-state index in [4.69, 9.17) is 4.74 Å². The van der Waals surface area contributed by atoms with E-state index in [9.17, 15) is 23.9 Å². The van der Waals surface area contributed by atoms with Crippen LogP contribution in [0.15, 0.2) is 42.5 Å². The molecular weight excluding hydrogens is 415 g/mol. The van der Waals surface area contributed by atoms with Gasteiger partial charge in [-0.2, -0.15) is 0 Å². The molecule has 7 nitrogen and oxygen atoms in total. The van der Waals surface area contributed by atoms with Crippen LogP contribution in [0.5, 0.6) is 0 Å². The van der Waals surface area contributed by atoms with Crippen LogP contribution in [0.4, 0.5) is 14.9 Å². The number of hydrogen-bond acceptors (Lipinski definition) is 5. The first-order valence-electron chi connectivity index (χ1n) is 10.1. The number of ether oxygens (including phenoxy) is 1. The van der Waals surface area contributed by atoms with Crippen LogP contribution < -0.4 is 10.2 Å². The Hall–Kier alpha value is -3.68. The molecule has 2 N–H and O–H groups in total. The molecule has 8 heteroatoms. The van der Waals surface area contributed by atoms with Gasteiger partial charge in [0.25, 0.3) is 5.91 Å². The highest BCUT2D eigenvalue weighted by molar-refractivity contribution is 6.42. The molecule has 0 saturated heterocycles. The van der Waals surface area contributed by atoms with Crippen molar-refractivity contribution in [2.45, 2.75) is 39.7 Å². The highest BCUT2D eigenvalue weighted by atomic mass is 19.1. The van der Waals surface area contributed by atoms with E-state index < -0.39 is 29.3 Å². The highest BCUT2D eigenvalue weighted by Gasteiger charge is 2.38. The first-order valence-corrected chi connectivity index (χ1v) is 10.1. The molecule has 0 aromatic heterocycles. The summed E-state index contributed by atoms with van der Waals surface area (Å²) in [4.78, 5) is 37.3. The molecule has 0 aliphatic carbocycles. The molecule has 0 radical (unpaired) electrons. The zero-order chi connectivity index (χ0) is 23.6. The van der Waals surface area contributed by atoms with Crippen molar-refractivity contribution in [1.29, 1.82) is 0 Å². The van der Waals surface area contributed by atoms with E-state index in [1.807, 2.05) is 0 Å².